The van der Waals surface area contributed by atoms with Crippen molar-refractivity contribution in [1.82, 2.24) is 14.8 Å². The van der Waals surface area contributed by atoms with Crippen LogP contribution < -0.4 is 4.72 Å². The molecule has 0 amide bonds. The first-order valence-electron chi connectivity index (χ1n) is 9.32. The van der Waals surface area contributed by atoms with Crippen molar-refractivity contribution in [1.29, 1.82) is 0 Å². The zero-order valence-corrected chi connectivity index (χ0v) is 17.3. The number of benzene rings is 1. The van der Waals surface area contributed by atoms with E-state index < -0.39 is 10.0 Å². The van der Waals surface area contributed by atoms with Crippen LogP contribution in [-0.4, -0.2) is 34.7 Å². The first-order chi connectivity index (χ1) is 13.6. The van der Waals surface area contributed by atoms with Crippen LogP contribution in [0.15, 0.2) is 53.8 Å². The fourth-order valence-electron chi connectivity index (χ4n) is 3.34. The number of nitrogens with zero attached hydrogens (tertiary/aromatic N) is 3. The van der Waals surface area contributed by atoms with E-state index in [1.807, 2.05) is 49.0 Å². The average molecular weight is 415 g/mol. The normalized spacial score (nSPS) is 13.9. The number of anilines is 1. The molecule has 3 heterocycles. The quantitative estimate of drug-likeness (QED) is 0.652. The van der Waals surface area contributed by atoms with E-state index in [1.54, 1.807) is 18.5 Å². The molecule has 0 aliphatic carbocycles. The summed E-state index contributed by atoms with van der Waals surface area (Å²) >= 11 is 1.82. The highest BCUT2D eigenvalue weighted by molar-refractivity contribution is 7.99. The van der Waals surface area contributed by atoms with Gasteiger partial charge in [0.05, 0.1) is 5.75 Å². The summed E-state index contributed by atoms with van der Waals surface area (Å²) < 4.78 is 29.0. The molecule has 4 rings (SSSR count). The van der Waals surface area contributed by atoms with Crippen LogP contribution in [0.25, 0.3) is 22.4 Å². The molecule has 2 aromatic heterocycles. The number of aryl methyl sites for hydroxylation is 1. The van der Waals surface area contributed by atoms with E-state index in [0.717, 1.165) is 46.1 Å². The fourth-order valence-corrected chi connectivity index (χ4v) is 5.57. The maximum atomic E-state index is 12.2. The highest BCUT2D eigenvalue weighted by Crippen LogP contribution is 2.41. The van der Waals surface area contributed by atoms with E-state index >= 15 is 0 Å². The van der Waals surface area contributed by atoms with Crippen LogP contribution in [0.1, 0.15) is 19.8 Å². The summed E-state index contributed by atoms with van der Waals surface area (Å²) in [7, 11) is -3.34. The third kappa shape index (κ3) is 3.93. The predicted molar refractivity (Wildman–Crippen MR) is 114 cm³/mol. The van der Waals surface area contributed by atoms with E-state index in [-0.39, 0.29) is 5.75 Å². The second-order valence-corrected chi connectivity index (χ2v) is 9.62. The van der Waals surface area contributed by atoms with Crippen molar-refractivity contribution in [2.45, 2.75) is 31.3 Å². The number of hydrogen-bond donors (Lipinski definition) is 1. The summed E-state index contributed by atoms with van der Waals surface area (Å²) in [5.74, 6) is 1.18. The van der Waals surface area contributed by atoms with Gasteiger partial charge in [-0.15, -0.1) is 11.8 Å². The lowest BCUT2D eigenvalue weighted by Crippen LogP contribution is -2.16. The fraction of sp³-hybridized carbons (Fsp3) is 0.300. The van der Waals surface area contributed by atoms with Crippen molar-refractivity contribution in [3.8, 4) is 22.4 Å². The van der Waals surface area contributed by atoms with Gasteiger partial charge in [-0.05, 0) is 42.7 Å². The van der Waals surface area contributed by atoms with Gasteiger partial charge >= 0.3 is 0 Å². The minimum atomic E-state index is -3.34. The van der Waals surface area contributed by atoms with Crippen LogP contribution in [0.5, 0.6) is 0 Å². The molecule has 0 saturated heterocycles. The number of sulfonamides is 1. The topological polar surface area (TPSA) is 76.9 Å². The molecule has 1 aromatic carbocycles. The molecule has 146 valence electrons. The Bertz CT molecular complexity index is 1080. The van der Waals surface area contributed by atoms with Crippen molar-refractivity contribution in [3.63, 3.8) is 0 Å². The Balaban J connectivity index is 1.80. The van der Waals surface area contributed by atoms with Crippen LogP contribution in [0, 0.1) is 0 Å². The summed E-state index contributed by atoms with van der Waals surface area (Å²) in [5, 5.41) is 6.03. The van der Waals surface area contributed by atoms with Gasteiger partial charge in [-0.3, -0.25) is 14.4 Å². The number of nitrogens with one attached hydrogen (secondary N) is 1. The van der Waals surface area contributed by atoms with E-state index in [1.165, 1.54) is 0 Å². The number of hydrogen-bond acceptors (Lipinski definition) is 5. The summed E-state index contributed by atoms with van der Waals surface area (Å²) in [6.07, 6.45) is 5.23. The van der Waals surface area contributed by atoms with E-state index in [0.29, 0.717) is 12.1 Å². The van der Waals surface area contributed by atoms with Crippen molar-refractivity contribution in [2.24, 2.45) is 0 Å². The highest BCUT2D eigenvalue weighted by Gasteiger charge is 2.23. The van der Waals surface area contributed by atoms with Gasteiger partial charge in [-0.2, -0.15) is 5.10 Å². The minimum Gasteiger partial charge on any atom is -0.284 e. The molecule has 0 saturated carbocycles. The highest BCUT2D eigenvalue weighted by atomic mass is 32.2. The molecule has 0 radical (unpaired) electrons. The molecular weight excluding hydrogens is 392 g/mol. The van der Waals surface area contributed by atoms with Crippen molar-refractivity contribution < 1.29 is 8.42 Å². The molecule has 1 aliphatic rings. The van der Waals surface area contributed by atoms with Gasteiger partial charge in [0, 0.05) is 41.5 Å². The SMILES string of the molecule is CCCS(=O)(=O)Nc1cccc(-c2nn3c(c2-c2ccncc2)SCCC3)c1. The van der Waals surface area contributed by atoms with Crippen LogP contribution >= 0.6 is 11.8 Å². The minimum absolute atomic E-state index is 0.106. The molecule has 0 unspecified atom stereocenters. The lowest BCUT2D eigenvalue weighted by molar-refractivity contribution is 0.550. The molecule has 6 nitrogen and oxygen atoms in total. The van der Waals surface area contributed by atoms with E-state index in [4.69, 9.17) is 5.10 Å². The van der Waals surface area contributed by atoms with Gasteiger partial charge in [0.2, 0.25) is 10.0 Å². The molecule has 1 N–H and O–H groups in total. The number of pyridine rings is 1. The van der Waals surface area contributed by atoms with Gasteiger partial charge in [0.15, 0.2) is 0 Å². The zero-order valence-electron chi connectivity index (χ0n) is 15.6. The molecule has 3 aromatic rings. The molecule has 1 aliphatic heterocycles. The summed E-state index contributed by atoms with van der Waals surface area (Å²) in [6, 6.07) is 11.4. The van der Waals surface area contributed by atoms with Gasteiger partial charge < -0.3 is 0 Å². The summed E-state index contributed by atoms with van der Waals surface area (Å²) in [5.41, 5.74) is 4.47. The van der Waals surface area contributed by atoms with Crippen molar-refractivity contribution in [3.05, 3.63) is 48.8 Å². The first-order valence-corrected chi connectivity index (χ1v) is 12.0. The standard InChI is InChI=1S/C20H22N4O2S2/c1-2-13-28(25,26)23-17-6-3-5-16(14-17)19-18(15-7-9-21-10-8-15)20-24(22-19)11-4-12-27-20/h3,5-10,14,23H,2,4,11-13H2,1H3. The van der Waals surface area contributed by atoms with Crippen molar-refractivity contribution >= 4 is 27.5 Å². The van der Waals surface area contributed by atoms with Crippen molar-refractivity contribution in [2.75, 3.05) is 16.2 Å². The predicted octanol–water partition coefficient (Wildman–Crippen LogP) is 4.26. The smallest absolute Gasteiger partial charge is 0.232 e. The monoisotopic (exact) mass is 414 g/mol. The van der Waals surface area contributed by atoms with E-state index in [2.05, 4.69) is 14.4 Å². The maximum absolute atomic E-state index is 12.2. The van der Waals surface area contributed by atoms with Gasteiger partial charge in [0.1, 0.15) is 10.7 Å². The van der Waals surface area contributed by atoms with Gasteiger partial charge in [-0.25, -0.2) is 8.42 Å². The second kappa shape index (κ2) is 7.97. The molecule has 0 atom stereocenters. The Labute approximate surface area is 169 Å². The first kappa shape index (κ1) is 19.0. The Morgan fingerprint density at radius 3 is 2.79 bits per heavy atom. The van der Waals surface area contributed by atoms with Crippen LogP contribution in [0.2, 0.25) is 0 Å². The Morgan fingerprint density at radius 1 is 1.18 bits per heavy atom. The molecule has 28 heavy (non-hydrogen) atoms. The molecule has 0 spiro atoms. The molecule has 0 fully saturated rings. The Hall–Kier alpha value is -2.32. The lowest BCUT2D eigenvalue weighted by Gasteiger charge is -2.14. The third-order valence-electron chi connectivity index (χ3n) is 4.51. The number of aromatic nitrogens is 3. The van der Waals surface area contributed by atoms with Crippen LogP contribution in [-0.2, 0) is 16.6 Å². The van der Waals surface area contributed by atoms with Gasteiger partial charge in [0.25, 0.3) is 0 Å². The van der Waals surface area contributed by atoms with Crippen LogP contribution in [0.4, 0.5) is 5.69 Å². The average Bonchev–Trinajstić information content (AvgIpc) is 3.08. The Kier molecular flexibility index (Phi) is 5.41. The molecule has 8 heteroatoms. The summed E-state index contributed by atoms with van der Waals surface area (Å²) in [6.45, 7) is 2.74. The summed E-state index contributed by atoms with van der Waals surface area (Å²) in [4.78, 5) is 4.13. The zero-order chi connectivity index (χ0) is 19.6. The number of thioether (sulfide) groups is 1. The largest absolute Gasteiger partial charge is 0.284 e. The second-order valence-electron chi connectivity index (χ2n) is 6.69. The Morgan fingerprint density at radius 2 is 2.00 bits per heavy atom. The van der Waals surface area contributed by atoms with Crippen LogP contribution in [0.3, 0.4) is 0 Å². The van der Waals surface area contributed by atoms with E-state index in [9.17, 15) is 8.42 Å². The third-order valence-corrected chi connectivity index (χ3v) is 7.18. The lowest BCUT2D eigenvalue weighted by atomic mass is 10.0. The molecular formula is C20H22N4O2S2. The molecule has 0 bridgehead atoms. The number of fused-ring (bicyclic) bond motifs is 1. The number of rotatable bonds is 6. The maximum Gasteiger partial charge on any atom is 0.232 e. The van der Waals surface area contributed by atoms with Gasteiger partial charge in [-0.1, -0.05) is 19.1 Å².